The maximum absolute atomic E-state index is 13.4. The average Bonchev–Trinajstić information content (AvgIpc) is 3.35. The van der Waals surface area contributed by atoms with Gasteiger partial charge in [0.2, 0.25) is 0 Å². The van der Waals surface area contributed by atoms with Crippen LogP contribution in [0.2, 0.25) is 0 Å². The number of aryl methyl sites for hydroxylation is 2. The lowest BCUT2D eigenvalue weighted by molar-refractivity contribution is 0.0430. The zero-order valence-electron chi connectivity index (χ0n) is 23.0. The molecule has 0 atom stereocenters. The Morgan fingerprint density at radius 3 is 2.03 bits per heavy atom. The van der Waals surface area contributed by atoms with E-state index in [1.807, 2.05) is 35.8 Å². The molecule has 11 heteroatoms. The summed E-state index contributed by atoms with van der Waals surface area (Å²) in [6.45, 7) is 14.9. The molecule has 0 saturated carbocycles. The predicted octanol–water partition coefficient (Wildman–Crippen LogP) is 5.20. The van der Waals surface area contributed by atoms with Gasteiger partial charge in [-0.2, -0.15) is 10.00 Å². The number of hydrogen-bond donors (Lipinski definition) is 0. The highest BCUT2D eigenvalue weighted by Crippen LogP contribution is 2.35. The topological polar surface area (TPSA) is 114 Å². The highest BCUT2D eigenvalue weighted by molar-refractivity contribution is 6.12. The molecule has 2 heterocycles. The van der Waals surface area contributed by atoms with E-state index >= 15 is 0 Å². The van der Waals surface area contributed by atoms with Gasteiger partial charge in [0.05, 0.1) is 19.3 Å². The van der Waals surface area contributed by atoms with Crippen LogP contribution in [0.5, 0.6) is 5.75 Å². The van der Waals surface area contributed by atoms with Gasteiger partial charge in [0.25, 0.3) is 0 Å². The van der Waals surface area contributed by atoms with Crippen LogP contribution in [0.1, 0.15) is 59.7 Å². The van der Waals surface area contributed by atoms with Crippen LogP contribution in [0.15, 0.2) is 30.6 Å². The number of hydrogen-bond acceptors (Lipinski definition) is 8. The number of aromatic nitrogens is 5. The summed E-state index contributed by atoms with van der Waals surface area (Å²) in [7, 11) is 1.61. The highest BCUT2D eigenvalue weighted by Gasteiger charge is 2.38. The fourth-order valence-corrected chi connectivity index (χ4v) is 3.64. The van der Waals surface area contributed by atoms with E-state index in [4.69, 9.17) is 14.2 Å². The van der Waals surface area contributed by atoms with E-state index in [0.717, 1.165) is 16.2 Å². The fraction of sp³-hybridized carbons (Fsp3) is 0.500. The van der Waals surface area contributed by atoms with Crippen LogP contribution in [-0.2, 0) is 22.6 Å². The number of amides is 2. The van der Waals surface area contributed by atoms with Crippen LogP contribution in [0.3, 0.4) is 0 Å². The van der Waals surface area contributed by atoms with Crippen molar-refractivity contribution in [2.75, 3.05) is 12.0 Å². The number of carbonyl (C=O) groups is 2. The van der Waals surface area contributed by atoms with Crippen molar-refractivity contribution in [3.8, 4) is 17.3 Å². The van der Waals surface area contributed by atoms with E-state index < -0.39 is 23.4 Å². The van der Waals surface area contributed by atoms with Crippen molar-refractivity contribution in [1.29, 1.82) is 0 Å². The second kappa shape index (κ2) is 10.6. The van der Waals surface area contributed by atoms with Crippen molar-refractivity contribution in [2.45, 2.75) is 79.7 Å². The Balaban J connectivity index is 2.15. The quantitative estimate of drug-likeness (QED) is 0.443. The number of anilines is 1. The summed E-state index contributed by atoms with van der Waals surface area (Å²) in [4.78, 5) is 27.7. The molecular formula is C26H36N6O5. The largest absolute Gasteiger partial charge is 0.497 e. The maximum Gasteiger partial charge on any atom is 0.424 e. The normalized spacial score (nSPS) is 11.8. The lowest BCUT2D eigenvalue weighted by atomic mass is 10.2. The van der Waals surface area contributed by atoms with E-state index in [9.17, 15) is 9.59 Å². The van der Waals surface area contributed by atoms with Crippen LogP contribution in [0.4, 0.5) is 15.3 Å². The molecule has 0 bridgehead atoms. The Labute approximate surface area is 217 Å². The van der Waals surface area contributed by atoms with Gasteiger partial charge in [-0.3, -0.25) is 4.68 Å². The first kappa shape index (κ1) is 27.7. The molecular weight excluding hydrogens is 476 g/mol. The molecule has 0 aliphatic heterocycles. The van der Waals surface area contributed by atoms with Crippen molar-refractivity contribution in [3.05, 3.63) is 41.9 Å². The van der Waals surface area contributed by atoms with Crippen LogP contribution < -0.4 is 9.64 Å². The van der Waals surface area contributed by atoms with Gasteiger partial charge in [0.1, 0.15) is 34.7 Å². The van der Waals surface area contributed by atoms with Gasteiger partial charge in [-0.25, -0.2) is 9.59 Å². The van der Waals surface area contributed by atoms with E-state index in [-0.39, 0.29) is 5.69 Å². The molecule has 0 aliphatic rings. The first-order chi connectivity index (χ1) is 17.2. The zero-order valence-corrected chi connectivity index (χ0v) is 23.0. The van der Waals surface area contributed by atoms with Gasteiger partial charge < -0.3 is 18.8 Å². The smallest absolute Gasteiger partial charge is 0.424 e. The molecule has 37 heavy (non-hydrogen) atoms. The Morgan fingerprint density at radius 2 is 1.54 bits per heavy atom. The molecule has 0 saturated heterocycles. The minimum absolute atomic E-state index is 0.231. The summed E-state index contributed by atoms with van der Waals surface area (Å²) in [5.41, 5.74) is 0.407. The lowest BCUT2D eigenvalue weighted by Crippen LogP contribution is -2.44. The third kappa shape index (κ3) is 6.66. The number of methoxy groups -OCH3 is 1. The van der Waals surface area contributed by atoms with E-state index in [1.54, 1.807) is 66.6 Å². The average molecular weight is 513 g/mol. The SMILES string of the molecule is CCn1nc(C)c(N(C(=O)OC(C)(C)C)C(=O)OC(C)(C)C)c1-c1nncn1Cc1ccc(OC)cc1. The second-order valence-electron chi connectivity index (χ2n) is 10.5. The van der Waals surface area contributed by atoms with Gasteiger partial charge in [-0.15, -0.1) is 10.2 Å². The molecule has 0 radical (unpaired) electrons. The third-order valence-corrected chi connectivity index (χ3v) is 5.11. The zero-order chi connectivity index (χ0) is 27.5. The summed E-state index contributed by atoms with van der Waals surface area (Å²) < 4.78 is 20.0. The Hall–Kier alpha value is -3.89. The molecule has 0 N–H and O–H groups in total. The second-order valence-corrected chi connectivity index (χ2v) is 10.5. The summed E-state index contributed by atoms with van der Waals surface area (Å²) in [5.74, 6) is 1.19. The van der Waals surface area contributed by atoms with Crippen molar-refractivity contribution in [1.82, 2.24) is 24.5 Å². The number of benzene rings is 1. The molecule has 2 aromatic heterocycles. The van der Waals surface area contributed by atoms with Gasteiger partial charge in [0, 0.05) is 6.54 Å². The maximum atomic E-state index is 13.4. The minimum atomic E-state index is -0.872. The summed E-state index contributed by atoms with van der Waals surface area (Å²) in [6.07, 6.45) is -0.150. The highest BCUT2D eigenvalue weighted by atomic mass is 16.6. The van der Waals surface area contributed by atoms with Gasteiger partial charge in [-0.05, 0) is 73.1 Å². The number of imide groups is 1. The van der Waals surface area contributed by atoms with Crippen molar-refractivity contribution in [2.24, 2.45) is 0 Å². The number of nitrogens with zero attached hydrogens (tertiary/aromatic N) is 6. The minimum Gasteiger partial charge on any atom is -0.497 e. The monoisotopic (exact) mass is 512 g/mol. The molecule has 0 spiro atoms. The summed E-state index contributed by atoms with van der Waals surface area (Å²) in [5, 5.41) is 13.1. The van der Waals surface area contributed by atoms with E-state index in [2.05, 4.69) is 15.3 Å². The fourth-order valence-electron chi connectivity index (χ4n) is 3.64. The van der Waals surface area contributed by atoms with Gasteiger partial charge >= 0.3 is 12.2 Å². The predicted molar refractivity (Wildman–Crippen MR) is 139 cm³/mol. The van der Waals surface area contributed by atoms with Crippen molar-refractivity contribution < 1.29 is 23.8 Å². The third-order valence-electron chi connectivity index (χ3n) is 5.11. The Morgan fingerprint density at radius 1 is 0.973 bits per heavy atom. The van der Waals surface area contributed by atoms with Gasteiger partial charge in [0.15, 0.2) is 5.82 Å². The van der Waals surface area contributed by atoms with E-state index in [1.165, 1.54) is 0 Å². The van der Waals surface area contributed by atoms with E-state index in [0.29, 0.717) is 30.3 Å². The summed E-state index contributed by atoms with van der Waals surface area (Å²) in [6, 6.07) is 7.63. The Bertz CT molecular complexity index is 1220. The lowest BCUT2D eigenvalue weighted by Gasteiger charge is -2.29. The van der Waals surface area contributed by atoms with Crippen molar-refractivity contribution in [3.63, 3.8) is 0 Å². The van der Waals surface area contributed by atoms with Crippen molar-refractivity contribution >= 4 is 17.9 Å². The molecule has 11 nitrogen and oxygen atoms in total. The molecule has 0 fully saturated rings. The number of ether oxygens (including phenoxy) is 3. The molecule has 0 unspecified atom stereocenters. The van der Waals surface area contributed by atoms with Gasteiger partial charge in [-0.1, -0.05) is 12.1 Å². The first-order valence-corrected chi connectivity index (χ1v) is 12.1. The molecule has 200 valence electrons. The number of carbonyl (C=O) groups excluding carboxylic acids is 2. The standard InChI is InChI=1S/C26H36N6O5/c1-10-31-21(22-28-27-16-30(22)15-18-11-13-19(35-9)14-12-18)20(17(2)29-31)32(23(33)36-25(3,4)5)24(34)37-26(6,7)8/h11-14,16H,10,15H2,1-9H3. The van der Waals surface area contributed by atoms with Crippen LogP contribution >= 0.6 is 0 Å². The summed E-state index contributed by atoms with van der Waals surface area (Å²) >= 11 is 0. The van der Waals surface area contributed by atoms with Crippen LogP contribution in [0, 0.1) is 6.92 Å². The molecule has 0 aliphatic carbocycles. The molecule has 3 rings (SSSR count). The number of rotatable bonds is 6. The van der Waals surface area contributed by atoms with Crippen LogP contribution in [0.25, 0.3) is 11.5 Å². The molecule has 3 aromatic rings. The Kier molecular flexibility index (Phi) is 7.94. The first-order valence-electron chi connectivity index (χ1n) is 12.1. The van der Waals surface area contributed by atoms with Crippen LogP contribution in [-0.4, -0.2) is 55.0 Å². The molecule has 1 aromatic carbocycles. The molecule has 2 amide bonds.